The molecule has 2 aromatic carbocycles. The Morgan fingerprint density at radius 3 is 2.44 bits per heavy atom. The number of methoxy groups -OCH3 is 2. The fraction of sp³-hybridized carbons (Fsp3) is 0.300. The molecule has 0 saturated heterocycles. The summed E-state index contributed by atoms with van der Waals surface area (Å²) in [6.07, 6.45) is 2.74. The molecule has 0 aliphatic carbocycles. The SMILES string of the molecule is CCCCc1nc(Cl)c(COCc2sccc2C(=O)OC)n1Cc1ccc(-c2ccccc2)c(C(=O)OC)c1. The van der Waals surface area contributed by atoms with Crippen molar-refractivity contribution in [2.45, 2.75) is 45.9 Å². The molecule has 2 heterocycles. The summed E-state index contributed by atoms with van der Waals surface area (Å²) in [5.74, 6) is 0.0743. The second kappa shape index (κ2) is 13.6. The van der Waals surface area contributed by atoms with E-state index in [0.717, 1.165) is 52.3 Å². The first-order valence-corrected chi connectivity index (χ1v) is 13.9. The maximum absolute atomic E-state index is 12.7. The molecule has 0 atom stereocenters. The smallest absolute Gasteiger partial charge is 0.339 e. The van der Waals surface area contributed by atoms with Gasteiger partial charge in [-0.25, -0.2) is 14.6 Å². The molecule has 2 aromatic heterocycles. The predicted molar refractivity (Wildman–Crippen MR) is 152 cm³/mol. The fourth-order valence-electron chi connectivity index (χ4n) is 4.36. The van der Waals surface area contributed by atoms with Crippen LogP contribution >= 0.6 is 22.9 Å². The highest BCUT2D eigenvalue weighted by Crippen LogP contribution is 2.28. The van der Waals surface area contributed by atoms with Crippen LogP contribution in [0.15, 0.2) is 60.0 Å². The Kier molecular flexibility index (Phi) is 9.92. The number of esters is 2. The molecule has 9 heteroatoms. The first-order valence-electron chi connectivity index (χ1n) is 12.7. The predicted octanol–water partition coefficient (Wildman–Crippen LogP) is 6.95. The topological polar surface area (TPSA) is 79.7 Å². The Morgan fingerprint density at radius 2 is 1.72 bits per heavy atom. The lowest BCUT2D eigenvalue weighted by atomic mass is 9.97. The number of carbonyl (C=O) groups is 2. The fourth-order valence-corrected chi connectivity index (χ4v) is 5.41. The monoisotopic (exact) mass is 566 g/mol. The number of thiophene rings is 1. The number of halogens is 1. The summed E-state index contributed by atoms with van der Waals surface area (Å²) in [4.78, 5) is 30.2. The average Bonchev–Trinajstić information content (AvgIpc) is 3.55. The summed E-state index contributed by atoms with van der Waals surface area (Å²) in [6.45, 7) is 3.04. The molecular formula is C30H31ClN2O5S. The van der Waals surface area contributed by atoms with E-state index in [1.165, 1.54) is 25.6 Å². The molecular weight excluding hydrogens is 536 g/mol. The number of aromatic nitrogens is 2. The molecule has 0 saturated carbocycles. The van der Waals surface area contributed by atoms with Crippen molar-refractivity contribution in [3.05, 3.63) is 98.2 Å². The van der Waals surface area contributed by atoms with Gasteiger partial charge in [0.05, 0.1) is 44.3 Å². The lowest BCUT2D eigenvalue weighted by Crippen LogP contribution is -2.12. The molecule has 4 aromatic rings. The summed E-state index contributed by atoms with van der Waals surface area (Å²) >= 11 is 8.05. The Morgan fingerprint density at radius 1 is 0.974 bits per heavy atom. The van der Waals surface area contributed by atoms with Crippen molar-refractivity contribution in [2.24, 2.45) is 0 Å². The molecule has 0 unspecified atom stereocenters. The molecule has 0 spiro atoms. The van der Waals surface area contributed by atoms with Gasteiger partial charge in [0, 0.05) is 17.8 Å². The van der Waals surface area contributed by atoms with E-state index < -0.39 is 5.97 Å². The van der Waals surface area contributed by atoms with Gasteiger partial charge in [0.25, 0.3) is 0 Å². The third kappa shape index (κ3) is 6.76. The van der Waals surface area contributed by atoms with Gasteiger partial charge in [-0.15, -0.1) is 11.3 Å². The Bertz CT molecular complexity index is 1430. The van der Waals surface area contributed by atoms with Gasteiger partial charge < -0.3 is 18.8 Å². The third-order valence-corrected chi connectivity index (χ3v) is 7.59. The molecule has 204 valence electrons. The summed E-state index contributed by atoms with van der Waals surface area (Å²) in [5.41, 5.74) is 4.39. The molecule has 4 rings (SSSR count). The molecule has 0 aliphatic rings. The second-order valence-corrected chi connectivity index (χ2v) is 10.3. The maximum atomic E-state index is 12.7. The second-order valence-electron chi connectivity index (χ2n) is 8.93. The normalized spacial score (nSPS) is 11.0. The zero-order chi connectivity index (χ0) is 27.8. The molecule has 0 N–H and O–H groups in total. The number of nitrogens with zero attached hydrogens (tertiary/aromatic N) is 2. The van der Waals surface area contributed by atoms with Crippen LogP contribution in [0.1, 0.15) is 62.4 Å². The lowest BCUT2D eigenvalue weighted by Gasteiger charge is -2.15. The van der Waals surface area contributed by atoms with Gasteiger partial charge in [-0.1, -0.05) is 67.4 Å². The summed E-state index contributed by atoms with van der Waals surface area (Å²) in [6, 6.07) is 17.3. The van der Waals surface area contributed by atoms with E-state index in [0.29, 0.717) is 22.8 Å². The van der Waals surface area contributed by atoms with Gasteiger partial charge >= 0.3 is 11.9 Å². The Labute approximate surface area is 237 Å². The Hall–Kier alpha value is -3.46. The van der Waals surface area contributed by atoms with Crippen LogP contribution in [0.5, 0.6) is 0 Å². The molecule has 0 amide bonds. The van der Waals surface area contributed by atoms with E-state index in [1.807, 2.05) is 53.9 Å². The van der Waals surface area contributed by atoms with Crippen molar-refractivity contribution < 1.29 is 23.8 Å². The maximum Gasteiger partial charge on any atom is 0.339 e. The van der Waals surface area contributed by atoms with Gasteiger partial charge in [0.15, 0.2) is 5.15 Å². The first kappa shape index (κ1) is 28.5. The number of rotatable bonds is 12. The number of unbranched alkanes of at least 4 members (excludes halogenated alkanes) is 1. The van der Waals surface area contributed by atoms with Crippen LogP contribution in [0.3, 0.4) is 0 Å². The minimum Gasteiger partial charge on any atom is -0.465 e. The van der Waals surface area contributed by atoms with Crippen molar-refractivity contribution in [1.82, 2.24) is 9.55 Å². The minimum atomic E-state index is -0.397. The summed E-state index contributed by atoms with van der Waals surface area (Å²) in [7, 11) is 2.75. The van der Waals surface area contributed by atoms with Crippen LogP contribution in [-0.4, -0.2) is 35.7 Å². The van der Waals surface area contributed by atoms with Crippen LogP contribution in [-0.2, 0) is 40.4 Å². The molecule has 0 bridgehead atoms. The molecule has 7 nitrogen and oxygen atoms in total. The van der Waals surface area contributed by atoms with Gasteiger partial charge in [0.2, 0.25) is 0 Å². The molecule has 39 heavy (non-hydrogen) atoms. The van der Waals surface area contributed by atoms with E-state index in [2.05, 4.69) is 16.5 Å². The number of aryl methyl sites for hydroxylation is 1. The number of ether oxygens (including phenoxy) is 3. The van der Waals surface area contributed by atoms with Crippen molar-refractivity contribution in [2.75, 3.05) is 14.2 Å². The van der Waals surface area contributed by atoms with Crippen molar-refractivity contribution in [1.29, 1.82) is 0 Å². The highest BCUT2D eigenvalue weighted by Gasteiger charge is 2.20. The van der Waals surface area contributed by atoms with Crippen LogP contribution in [0, 0.1) is 0 Å². The van der Waals surface area contributed by atoms with E-state index in [-0.39, 0.29) is 19.2 Å². The minimum absolute atomic E-state index is 0.211. The average molecular weight is 567 g/mol. The number of hydrogen-bond donors (Lipinski definition) is 0. The summed E-state index contributed by atoms with van der Waals surface area (Å²) in [5, 5.41) is 2.22. The summed E-state index contributed by atoms with van der Waals surface area (Å²) < 4.78 is 18.0. The quantitative estimate of drug-likeness (QED) is 0.173. The van der Waals surface area contributed by atoms with E-state index >= 15 is 0 Å². The van der Waals surface area contributed by atoms with E-state index in [1.54, 1.807) is 6.07 Å². The van der Waals surface area contributed by atoms with Crippen LogP contribution in [0.25, 0.3) is 11.1 Å². The first-order chi connectivity index (χ1) is 19.0. The highest BCUT2D eigenvalue weighted by molar-refractivity contribution is 7.10. The van der Waals surface area contributed by atoms with E-state index in [4.69, 9.17) is 25.8 Å². The van der Waals surface area contributed by atoms with Gasteiger partial charge in [0.1, 0.15) is 5.82 Å². The molecule has 0 fully saturated rings. The number of carbonyl (C=O) groups excluding carboxylic acids is 2. The van der Waals surface area contributed by atoms with Gasteiger partial charge in [-0.2, -0.15) is 0 Å². The standard InChI is InChI=1S/C30H31ClN2O5S/c1-4-5-11-27-32-28(31)25(18-38-19-26-23(14-15-39-26)29(34)36-2)33(27)17-20-12-13-22(21-9-7-6-8-10-21)24(16-20)30(35)37-3/h6-10,12-16H,4-5,11,17-19H2,1-3H3. The zero-order valence-corrected chi connectivity index (χ0v) is 23.8. The number of hydrogen-bond acceptors (Lipinski definition) is 7. The van der Waals surface area contributed by atoms with Crippen LogP contribution in [0.2, 0.25) is 5.15 Å². The third-order valence-electron chi connectivity index (χ3n) is 6.39. The molecule has 0 radical (unpaired) electrons. The van der Waals surface area contributed by atoms with Crippen molar-refractivity contribution >= 4 is 34.9 Å². The van der Waals surface area contributed by atoms with Crippen molar-refractivity contribution in [3.8, 4) is 11.1 Å². The van der Waals surface area contributed by atoms with Crippen LogP contribution < -0.4 is 0 Å². The van der Waals surface area contributed by atoms with Gasteiger partial charge in [-0.05, 0) is 40.6 Å². The number of benzene rings is 2. The zero-order valence-electron chi connectivity index (χ0n) is 22.2. The Balaban J connectivity index is 1.62. The number of imidazole rings is 1. The largest absolute Gasteiger partial charge is 0.465 e. The lowest BCUT2D eigenvalue weighted by molar-refractivity contribution is 0.0586. The molecule has 0 aliphatic heterocycles. The van der Waals surface area contributed by atoms with Gasteiger partial charge in [-0.3, -0.25) is 0 Å². The van der Waals surface area contributed by atoms with Crippen LogP contribution in [0.4, 0.5) is 0 Å². The van der Waals surface area contributed by atoms with E-state index in [9.17, 15) is 9.59 Å². The highest BCUT2D eigenvalue weighted by atomic mass is 35.5. The van der Waals surface area contributed by atoms with Crippen molar-refractivity contribution in [3.63, 3.8) is 0 Å².